The number of benzene rings is 2. The van der Waals surface area contributed by atoms with Gasteiger partial charge in [-0.25, -0.2) is 9.59 Å². The summed E-state index contributed by atoms with van der Waals surface area (Å²) >= 11 is 0. The SMILES string of the molecule is CC(C)(NC(=O)CCC1CCCCC1NC(=O)OCC1c2ccccc2-c2ccccc21)C(=O)O. The smallest absolute Gasteiger partial charge is 0.407 e. The summed E-state index contributed by atoms with van der Waals surface area (Å²) in [5.74, 6) is -1.19. The van der Waals surface area contributed by atoms with E-state index in [9.17, 15) is 19.5 Å². The molecule has 0 aliphatic heterocycles. The van der Waals surface area contributed by atoms with Crippen LogP contribution in [0.5, 0.6) is 0 Å². The lowest BCUT2D eigenvalue weighted by atomic mass is 9.81. The fourth-order valence-corrected chi connectivity index (χ4v) is 5.32. The first-order valence-electron chi connectivity index (χ1n) is 12.4. The molecule has 2 aromatic carbocycles. The number of fused-ring (bicyclic) bond motifs is 3. The first-order chi connectivity index (χ1) is 16.8. The number of rotatable bonds is 8. The summed E-state index contributed by atoms with van der Waals surface area (Å²) in [7, 11) is 0. The number of nitrogens with one attached hydrogen (secondary N) is 2. The molecule has 2 unspecified atom stereocenters. The van der Waals surface area contributed by atoms with Crippen molar-refractivity contribution in [2.75, 3.05) is 6.61 Å². The topological polar surface area (TPSA) is 105 Å². The first kappa shape index (κ1) is 24.8. The zero-order valence-corrected chi connectivity index (χ0v) is 20.4. The molecule has 4 rings (SSSR count). The number of ether oxygens (including phenoxy) is 1. The van der Waals surface area contributed by atoms with Gasteiger partial charge >= 0.3 is 12.1 Å². The molecule has 0 radical (unpaired) electrons. The van der Waals surface area contributed by atoms with Crippen molar-refractivity contribution >= 4 is 18.0 Å². The van der Waals surface area contributed by atoms with Crippen molar-refractivity contribution in [1.82, 2.24) is 10.6 Å². The molecule has 7 nitrogen and oxygen atoms in total. The van der Waals surface area contributed by atoms with Gasteiger partial charge in [0.25, 0.3) is 0 Å². The van der Waals surface area contributed by atoms with Gasteiger partial charge < -0.3 is 20.5 Å². The second kappa shape index (κ2) is 10.5. The van der Waals surface area contributed by atoms with Crippen LogP contribution < -0.4 is 10.6 Å². The number of alkyl carbamates (subject to hydrolysis) is 1. The highest BCUT2D eigenvalue weighted by Gasteiger charge is 2.32. The summed E-state index contributed by atoms with van der Waals surface area (Å²) in [6.45, 7) is 3.20. The average Bonchev–Trinajstić information content (AvgIpc) is 3.15. The molecule has 186 valence electrons. The Morgan fingerprint density at radius 1 is 0.971 bits per heavy atom. The van der Waals surface area contributed by atoms with Gasteiger partial charge in [0.2, 0.25) is 5.91 Å². The monoisotopic (exact) mass is 478 g/mol. The van der Waals surface area contributed by atoms with Gasteiger partial charge in [-0.15, -0.1) is 0 Å². The molecule has 2 aliphatic rings. The number of carbonyl (C=O) groups excluding carboxylic acids is 2. The van der Waals surface area contributed by atoms with E-state index in [0.717, 1.165) is 25.7 Å². The summed E-state index contributed by atoms with van der Waals surface area (Å²) < 4.78 is 5.71. The standard InChI is InChI=1S/C28H34N2O5/c1-28(2,26(32)33)30-25(31)16-15-18-9-3-8-14-24(18)29-27(34)35-17-23-21-12-6-4-10-19(21)20-11-5-7-13-22(20)23/h4-7,10-13,18,23-24H,3,8-9,14-17H2,1-2H3,(H,29,34)(H,30,31)(H,32,33). The quantitative estimate of drug-likeness (QED) is 0.503. The molecular weight excluding hydrogens is 444 g/mol. The Bertz CT molecular complexity index is 1050. The molecule has 3 N–H and O–H groups in total. The molecule has 2 aliphatic carbocycles. The van der Waals surface area contributed by atoms with E-state index >= 15 is 0 Å². The van der Waals surface area contributed by atoms with Gasteiger partial charge in [-0.2, -0.15) is 0 Å². The van der Waals surface area contributed by atoms with Gasteiger partial charge in [0.05, 0.1) is 0 Å². The number of carbonyl (C=O) groups is 3. The predicted molar refractivity (Wildman–Crippen MR) is 133 cm³/mol. The minimum atomic E-state index is -1.30. The molecule has 0 saturated heterocycles. The summed E-state index contributed by atoms with van der Waals surface area (Å²) in [6.07, 6.45) is 4.22. The van der Waals surface area contributed by atoms with Crippen molar-refractivity contribution < 1.29 is 24.2 Å². The van der Waals surface area contributed by atoms with Gasteiger partial charge in [0, 0.05) is 18.4 Å². The molecule has 7 heteroatoms. The number of carboxylic acid groups (broad SMARTS) is 1. The Labute approximate surface area is 206 Å². The van der Waals surface area contributed by atoms with Crippen molar-refractivity contribution in [3.8, 4) is 11.1 Å². The molecule has 1 saturated carbocycles. The van der Waals surface area contributed by atoms with Gasteiger partial charge in [0.15, 0.2) is 0 Å². The molecule has 35 heavy (non-hydrogen) atoms. The first-order valence-corrected chi connectivity index (χ1v) is 12.4. The Kier molecular flexibility index (Phi) is 7.43. The van der Waals surface area contributed by atoms with Crippen molar-refractivity contribution in [1.29, 1.82) is 0 Å². The van der Waals surface area contributed by atoms with E-state index in [1.807, 2.05) is 24.3 Å². The number of aliphatic carboxylic acids is 1. The van der Waals surface area contributed by atoms with Gasteiger partial charge in [0.1, 0.15) is 12.1 Å². The molecule has 2 aromatic rings. The van der Waals surface area contributed by atoms with Crippen LogP contribution in [0.4, 0.5) is 4.79 Å². The second-order valence-electron chi connectivity index (χ2n) is 10.1. The van der Waals surface area contributed by atoms with Crippen LogP contribution in [-0.4, -0.2) is 41.3 Å². The molecule has 2 atom stereocenters. The van der Waals surface area contributed by atoms with Crippen LogP contribution in [0.1, 0.15) is 69.4 Å². The summed E-state index contributed by atoms with van der Waals surface area (Å²) in [6, 6.07) is 16.4. The third-order valence-electron chi connectivity index (χ3n) is 7.28. The van der Waals surface area contributed by atoms with Crippen LogP contribution in [0.15, 0.2) is 48.5 Å². The van der Waals surface area contributed by atoms with Crippen LogP contribution in [0.2, 0.25) is 0 Å². The minimum absolute atomic E-state index is 0.0107. The molecule has 2 amide bonds. The van der Waals surface area contributed by atoms with Crippen LogP contribution in [0, 0.1) is 5.92 Å². The van der Waals surface area contributed by atoms with Crippen LogP contribution in [0.25, 0.3) is 11.1 Å². The summed E-state index contributed by atoms with van der Waals surface area (Å²) in [5, 5.41) is 14.8. The highest BCUT2D eigenvalue weighted by molar-refractivity contribution is 5.86. The Balaban J connectivity index is 1.32. The van der Waals surface area contributed by atoms with E-state index in [1.165, 1.54) is 36.1 Å². The maximum Gasteiger partial charge on any atom is 0.407 e. The van der Waals surface area contributed by atoms with Gasteiger partial charge in [-0.1, -0.05) is 61.4 Å². The largest absolute Gasteiger partial charge is 0.480 e. The van der Waals surface area contributed by atoms with E-state index in [0.29, 0.717) is 6.42 Å². The molecular formula is C28H34N2O5. The average molecular weight is 479 g/mol. The second-order valence-corrected chi connectivity index (χ2v) is 10.1. The summed E-state index contributed by atoms with van der Waals surface area (Å²) in [5.41, 5.74) is 3.42. The van der Waals surface area contributed by atoms with Crippen molar-refractivity contribution in [2.24, 2.45) is 5.92 Å². The van der Waals surface area contributed by atoms with E-state index < -0.39 is 17.6 Å². The van der Waals surface area contributed by atoms with Gasteiger partial charge in [-0.05, 0) is 61.3 Å². The van der Waals surface area contributed by atoms with E-state index in [-0.39, 0.29) is 36.8 Å². The zero-order valence-electron chi connectivity index (χ0n) is 20.4. The fraction of sp³-hybridized carbons (Fsp3) is 0.464. The third-order valence-corrected chi connectivity index (χ3v) is 7.28. The lowest BCUT2D eigenvalue weighted by Crippen LogP contribution is -2.50. The van der Waals surface area contributed by atoms with Crippen LogP contribution >= 0.6 is 0 Å². The molecule has 0 heterocycles. The summed E-state index contributed by atoms with van der Waals surface area (Å²) in [4.78, 5) is 36.3. The van der Waals surface area contributed by atoms with Crippen LogP contribution in [0.3, 0.4) is 0 Å². The molecule has 0 aromatic heterocycles. The van der Waals surface area contributed by atoms with Crippen LogP contribution in [-0.2, 0) is 14.3 Å². The lowest BCUT2D eigenvalue weighted by Gasteiger charge is -2.32. The van der Waals surface area contributed by atoms with Crippen molar-refractivity contribution in [3.05, 3.63) is 59.7 Å². The molecule has 0 bridgehead atoms. The third kappa shape index (κ3) is 5.66. The fourth-order valence-electron chi connectivity index (χ4n) is 5.32. The van der Waals surface area contributed by atoms with Crippen molar-refractivity contribution in [3.63, 3.8) is 0 Å². The Hall–Kier alpha value is -3.35. The normalized spacial score (nSPS) is 19.4. The molecule has 1 fully saturated rings. The minimum Gasteiger partial charge on any atom is -0.480 e. The van der Waals surface area contributed by atoms with Gasteiger partial charge in [-0.3, -0.25) is 4.79 Å². The number of hydrogen-bond donors (Lipinski definition) is 3. The van der Waals surface area contributed by atoms with E-state index in [2.05, 4.69) is 34.9 Å². The zero-order chi connectivity index (χ0) is 25.0. The van der Waals surface area contributed by atoms with E-state index in [1.54, 1.807) is 0 Å². The number of carboxylic acids is 1. The molecule has 0 spiro atoms. The Morgan fingerprint density at radius 3 is 2.20 bits per heavy atom. The maximum atomic E-state index is 12.8. The van der Waals surface area contributed by atoms with E-state index in [4.69, 9.17) is 4.74 Å². The Morgan fingerprint density at radius 2 is 1.57 bits per heavy atom. The predicted octanol–water partition coefficient (Wildman–Crippen LogP) is 4.84. The highest BCUT2D eigenvalue weighted by atomic mass is 16.5. The maximum absolute atomic E-state index is 12.8. The highest BCUT2D eigenvalue weighted by Crippen LogP contribution is 2.44. The number of amides is 2. The number of hydrogen-bond acceptors (Lipinski definition) is 4. The lowest BCUT2D eigenvalue weighted by molar-refractivity contribution is -0.146. The van der Waals surface area contributed by atoms with Crippen molar-refractivity contribution in [2.45, 2.75) is 69.9 Å².